The molecule has 29 heavy (non-hydrogen) atoms. The first kappa shape index (κ1) is 18.9. The van der Waals surface area contributed by atoms with Gasteiger partial charge in [-0.3, -0.25) is 20.6 Å². The molecule has 7 nitrogen and oxygen atoms in total. The van der Waals surface area contributed by atoms with E-state index in [1.807, 2.05) is 24.3 Å². The molecule has 0 radical (unpaired) electrons. The van der Waals surface area contributed by atoms with E-state index in [0.717, 1.165) is 36.8 Å². The molecule has 4 rings (SSSR count). The highest BCUT2D eigenvalue weighted by Crippen LogP contribution is 2.25. The van der Waals surface area contributed by atoms with E-state index >= 15 is 0 Å². The van der Waals surface area contributed by atoms with Gasteiger partial charge in [0.2, 0.25) is 0 Å². The number of carbonyl (C=O) groups excluding carboxylic acids is 2. The van der Waals surface area contributed by atoms with Gasteiger partial charge in [0, 0.05) is 23.6 Å². The molecule has 1 aliphatic carbocycles. The average Bonchev–Trinajstić information content (AvgIpc) is 2.72. The summed E-state index contributed by atoms with van der Waals surface area (Å²) in [6.45, 7) is 0. The summed E-state index contributed by atoms with van der Waals surface area (Å²) in [5.74, 6) is 0. The van der Waals surface area contributed by atoms with E-state index in [1.165, 1.54) is 0 Å². The minimum atomic E-state index is -0.861. The van der Waals surface area contributed by atoms with Crippen molar-refractivity contribution in [2.75, 3.05) is 10.6 Å². The van der Waals surface area contributed by atoms with Crippen LogP contribution in [0.1, 0.15) is 36.8 Å². The molecule has 0 aromatic heterocycles. The van der Waals surface area contributed by atoms with E-state index in [9.17, 15) is 9.59 Å². The predicted molar refractivity (Wildman–Crippen MR) is 113 cm³/mol. The van der Waals surface area contributed by atoms with Crippen molar-refractivity contribution < 1.29 is 14.3 Å². The van der Waals surface area contributed by atoms with Gasteiger partial charge < -0.3 is 4.74 Å². The van der Waals surface area contributed by atoms with Crippen molar-refractivity contribution in [3.05, 3.63) is 59.7 Å². The van der Waals surface area contributed by atoms with Crippen LogP contribution in [0.3, 0.4) is 0 Å². The van der Waals surface area contributed by atoms with Crippen LogP contribution >= 0.6 is 0 Å². The third-order valence-electron chi connectivity index (χ3n) is 5.08. The van der Waals surface area contributed by atoms with Crippen molar-refractivity contribution in [2.24, 2.45) is 9.98 Å². The highest BCUT2D eigenvalue weighted by Gasteiger charge is 2.23. The highest BCUT2D eigenvalue weighted by atomic mass is 16.6. The first-order valence-electron chi connectivity index (χ1n) is 9.73. The first-order chi connectivity index (χ1) is 14.2. The van der Waals surface area contributed by atoms with Gasteiger partial charge in [-0.1, -0.05) is 49.2 Å². The second kappa shape index (κ2) is 8.68. The molecule has 2 aromatic rings. The Morgan fingerprint density at radius 3 is 1.66 bits per heavy atom. The average molecular weight is 390 g/mol. The van der Waals surface area contributed by atoms with E-state index in [-0.39, 0.29) is 12.1 Å². The molecule has 2 N–H and O–H groups in total. The number of fused-ring (bicyclic) bond motifs is 3. The maximum Gasteiger partial charge on any atom is 0.420 e. The molecule has 0 bridgehead atoms. The van der Waals surface area contributed by atoms with Crippen LogP contribution in [0.2, 0.25) is 0 Å². The van der Waals surface area contributed by atoms with E-state index in [0.29, 0.717) is 11.4 Å². The zero-order chi connectivity index (χ0) is 20.1. The summed E-state index contributed by atoms with van der Waals surface area (Å²) >= 11 is 0. The predicted octanol–water partition coefficient (Wildman–Crippen LogP) is 4.63. The van der Waals surface area contributed by atoms with Gasteiger partial charge in [-0.05, 0) is 25.0 Å². The van der Waals surface area contributed by atoms with Crippen molar-refractivity contribution in [1.82, 2.24) is 0 Å². The standard InChI is InChI=1S/C22H22N4O3/c27-21-25-17-9-3-1-7-15(17)13-23-19-11-5-6-12-20(19)24-14-16-8-2-4-10-18(16)26-22(28)29-21/h1-4,7-10,13-14,19-20H,5-6,11-12H2,(H,25,27)(H,26,28)/t19-,20+. The molecule has 2 aromatic carbocycles. The van der Waals surface area contributed by atoms with Crippen LogP contribution in [-0.2, 0) is 4.74 Å². The van der Waals surface area contributed by atoms with Crippen LogP contribution < -0.4 is 10.6 Å². The number of nitrogens with zero attached hydrogens (tertiary/aromatic N) is 2. The largest absolute Gasteiger partial charge is 0.420 e. The van der Waals surface area contributed by atoms with E-state index in [4.69, 9.17) is 14.7 Å². The number of cyclic esters (lactones) is 2. The van der Waals surface area contributed by atoms with Crippen molar-refractivity contribution in [1.29, 1.82) is 0 Å². The summed E-state index contributed by atoms with van der Waals surface area (Å²) in [6, 6.07) is 14.7. The van der Waals surface area contributed by atoms with Crippen LogP contribution in [0.5, 0.6) is 0 Å². The monoisotopic (exact) mass is 390 g/mol. The van der Waals surface area contributed by atoms with Gasteiger partial charge >= 0.3 is 12.2 Å². The van der Waals surface area contributed by atoms with Crippen LogP contribution in [0.25, 0.3) is 0 Å². The molecule has 148 valence electrons. The number of anilines is 2. The molecular weight excluding hydrogens is 368 g/mol. The number of ether oxygens (including phenoxy) is 1. The SMILES string of the molecule is O=C1Nc2ccccc2C=N[C@H]2CCCC[C@H]2N=Cc2ccccc2NC(=O)O1. The van der Waals surface area contributed by atoms with Gasteiger partial charge in [-0.25, -0.2) is 9.59 Å². The van der Waals surface area contributed by atoms with Crippen LogP contribution in [-0.4, -0.2) is 36.7 Å². The molecule has 1 fully saturated rings. The Morgan fingerprint density at radius 1 is 0.724 bits per heavy atom. The van der Waals surface area contributed by atoms with Gasteiger partial charge in [-0.15, -0.1) is 0 Å². The Morgan fingerprint density at radius 2 is 1.17 bits per heavy atom. The topological polar surface area (TPSA) is 92.1 Å². The zero-order valence-electron chi connectivity index (χ0n) is 15.9. The molecule has 2 atom stereocenters. The minimum absolute atomic E-state index is 0.0758. The molecular formula is C22H22N4O3. The van der Waals surface area contributed by atoms with E-state index in [2.05, 4.69) is 10.6 Å². The number of benzene rings is 2. The first-order valence-corrected chi connectivity index (χ1v) is 9.73. The summed E-state index contributed by atoms with van der Waals surface area (Å²) in [6.07, 6.45) is 5.98. The summed E-state index contributed by atoms with van der Waals surface area (Å²) in [5, 5.41) is 5.22. The second-order valence-corrected chi connectivity index (χ2v) is 7.08. The number of aliphatic imine (C=N–C) groups is 2. The third-order valence-corrected chi connectivity index (χ3v) is 5.08. The quantitative estimate of drug-likeness (QED) is 0.643. The fourth-order valence-electron chi connectivity index (χ4n) is 3.59. The lowest BCUT2D eigenvalue weighted by molar-refractivity contribution is 0.170. The summed E-state index contributed by atoms with van der Waals surface area (Å²) in [7, 11) is 0. The number of hydrogen-bond donors (Lipinski definition) is 2. The maximum atomic E-state index is 12.2. The maximum absolute atomic E-state index is 12.2. The number of carbonyl (C=O) groups is 2. The number of rotatable bonds is 0. The Labute approximate surface area is 168 Å². The van der Waals surface area contributed by atoms with Gasteiger partial charge in [-0.2, -0.15) is 0 Å². The molecule has 0 saturated heterocycles. The van der Waals surface area contributed by atoms with Crippen molar-refractivity contribution in [2.45, 2.75) is 37.8 Å². The summed E-state index contributed by atoms with van der Waals surface area (Å²) in [4.78, 5) is 33.9. The van der Waals surface area contributed by atoms with Gasteiger partial charge in [0.05, 0.1) is 23.5 Å². The van der Waals surface area contributed by atoms with Gasteiger partial charge in [0.15, 0.2) is 0 Å². The molecule has 7 heteroatoms. The van der Waals surface area contributed by atoms with E-state index < -0.39 is 12.2 Å². The smallest absolute Gasteiger partial charge is 0.359 e. The lowest BCUT2D eigenvalue weighted by Crippen LogP contribution is -2.27. The highest BCUT2D eigenvalue weighted by molar-refractivity contribution is 6.02. The fourth-order valence-corrected chi connectivity index (χ4v) is 3.59. The molecule has 0 unspecified atom stereocenters. The Bertz CT molecular complexity index is 893. The Kier molecular flexibility index (Phi) is 5.65. The van der Waals surface area contributed by atoms with Gasteiger partial charge in [0.1, 0.15) is 0 Å². The van der Waals surface area contributed by atoms with E-state index in [1.54, 1.807) is 36.7 Å². The Hall–Kier alpha value is -3.48. The zero-order valence-corrected chi connectivity index (χ0v) is 15.9. The summed E-state index contributed by atoms with van der Waals surface area (Å²) < 4.78 is 4.85. The van der Waals surface area contributed by atoms with Crippen molar-refractivity contribution in [3.8, 4) is 0 Å². The molecule has 2 amide bonds. The fraction of sp³-hybridized carbons (Fsp3) is 0.273. The van der Waals surface area contributed by atoms with Crippen LogP contribution in [0, 0.1) is 0 Å². The third kappa shape index (κ3) is 4.68. The normalized spacial score (nSPS) is 21.9. The number of amides is 2. The lowest BCUT2D eigenvalue weighted by atomic mass is 9.91. The number of nitrogens with one attached hydrogen (secondary N) is 2. The van der Waals surface area contributed by atoms with Gasteiger partial charge in [0.25, 0.3) is 0 Å². The molecule has 1 heterocycles. The second-order valence-electron chi connectivity index (χ2n) is 7.08. The number of hydrogen-bond acceptors (Lipinski definition) is 5. The molecule has 1 aliphatic heterocycles. The summed E-state index contributed by atoms with van der Waals surface area (Å²) in [5.41, 5.74) is 2.55. The van der Waals surface area contributed by atoms with Crippen LogP contribution in [0.15, 0.2) is 58.5 Å². The lowest BCUT2D eigenvalue weighted by Gasteiger charge is -2.25. The molecule has 2 aliphatic rings. The Balaban J connectivity index is 1.71. The van der Waals surface area contributed by atoms with Crippen LogP contribution in [0.4, 0.5) is 21.0 Å². The minimum Gasteiger partial charge on any atom is -0.359 e. The van der Waals surface area contributed by atoms with Crippen molar-refractivity contribution in [3.63, 3.8) is 0 Å². The molecule has 1 saturated carbocycles. The van der Waals surface area contributed by atoms with Crippen molar-refractivity contribution >= 4 is 36.0 Å². The number of para-hydroxylation sites is 2. The molecule has 0 spiro atoms.